The quantitative estimate of drug-likeness (QED) is 0.719. The van der Waals surface area contributed by atoms with Crippen LogP contribution in [0.5, 0.6) is 0 Å². The number of halogens is 1. The van der Waals surface area contributed by atoms with E-state index in [0.717, 1.165) is 18.4 Å². The molecule has 0 atom stereocenters. The molecule has 0 bridgehead atoms. The largest absolute Gasteiger partial charge is 0.207 e. The topological polar surface area (TPSA) is 0 Å². The van der Waals surface area contributed by atoms with Gasteiger partial charge in [-0.25, -0.2) is 4.39 Å². The fourth-order valence-electron chi connectivity index (χ4n) is 1.68. The first-order valence-corrected chi connectivity index (χ1v) is 5.47. The highest BCUT2D eigenvalue weighted by Crippen LogP contribution is 2.11. The Morgan fingerprint density at radius 2 is 1.75 bits per heavy atom. The highest BCUT2D eigenvalue weighted by molar-refractivity contribution is 5.24. The standard InChI is InChI=1S/C15H14F/c16-15-11-5-10-14(12-15)9-4-8-13-6-2-1-3-7-13/h1-3,5-7,9-12H,4,8H2. The molecule has 0 spiro atoms. The Bertz CT molecular complexity index is 434. The summed E-state index contributed by atoms with van der Waals surface area (Å²) in [6.45, 7) is 0. The van der Waals surface area contributed by atoms with Crippen molar-refractivity contribution >= 4 is 0 Å². The fraction of sp³-hybridized carbons (Fsp3) is 0.133. The van der Waals surface area contributed by atoms with Crippen LogP contribution < -0.4 is 0 Å². The third-order valence-corrected chi connectivity index (χ3v) is 2.50. The van der Waals surface area contributed by atoms with E-state index < -0.39 is 0 Å². The van der Waals surface area contributed by atoms with Gasteiger partial charge in [-0.05, 0) is 42.5 Å². The van der Waals surface area contributed by atoms with Gasteiger partial charge in [-0.15, -0.1) is 0 Å². The average Bonchev–Trinajstić information content (AvgIpc) is 2.30. The van der Waals surface area contributed by atoms with Gasteiger partial charge in [0, 0.05) is 0 Å². The molecule has 1 heteroatoms. The molecule has 0 amide bonds. The maximum absolute atomic E-state index is 12.9. The highest BCUT2D eigenvalue weighted by atomic mass is 19.1. The lowest BCUT2D eigenvalue weighted by Gasteiger charge is -2.02. The second-order valence-electron chi connectivity index (χ2n) is 3.78. The van der Waals surface area contributed by atoms with Gasteiger partial charge in [-0.1, -0.05) is 42.5 Å². The Kier molecular flexibility index (Phi) is 3.71. The zero-order chi connectivity index (χ0) is 11.2. The van der Waals surface area contributed by atoms with Crippen molar-refractivity contribution in [1.29, 1.82) is 0 Å². The first kappa shape index (κ1) is 10.9. The first-order chi connectivity index (χ1) is 7.84. The van der Waals surface area contributed by atoms with Crippen LogP contribution in [0.3, 0.4) is 0 Å². The fourth-order valence-corrected chi connectivity index (χ4v) is 1.68. The van der Waals surface area contributed by atoms with Gasteiger partial charge in [0.15, 0.2) is 0 Å². The van der Waals surface area contributed by atoms with Crippen LogP contribution >= 0.6 is 0 Å². The van der Waals surface area contributed by atoms with Gasteiger partial charge in [0.1, 0.15) is 5.82 Å². The lowest BCUT2D eigenvalue weighted by atomic mass is 10.0. The summed E-state index contributed by atoms with van der Waals surface area (Å²) in [4.78, 5) is 0. The SMILES string of the molecule is Fc1cccc([CH]CCc2ccccc2)c1. The van der Waals surface area contributed by atoms with Crippen molar-refractivity contribution in [2.45, 2.75) is 12.8 Å². The molecule has 0 aliphatic rings. The molecule has 0 aliphatic carbocycles. The van der Waals surface area contributed by atoms with Crippen LogP contribution in [0.15, 0.2) is 54.6 Å². The smallest absolute Gasteiger partial charge is 0.123 e. The molecular weight excluding hydrogens is 199 g/mol. The van der Waals surface area contributed by atoms with Crippen molar-refractivity contribution in [3.05, 3.63) is 78.0 Å². The molecule has 0 aliphatic heterocycles. The van der Waals surface area contributed by atoms with E-state index in [4.69, 9.17) is 0 Å². The molecule has 0 fully saturated rings. The number of hydrogen-bond acceptors (Lipinski definition) is 0. The van der Waals surface area contributed by atoms with Gasteiger partial charge < -0.3 is 0 Å². The van der Waals surface area contributed by atoms with Crippen LogP contribution in [0.4, 0.5) is 4.39 Å². The van der Waals surface area contributed by atoms with Gasteiger partial charge >= 0.3 is 0 Å². The van der Waals surface area contributed by atoms with Crippen molar-refractivity contribution in [1.82, 2.24) is 0 Å². The Balaban J connectivity index is 1.85. The van der Waals surface area contributed by atoms with Crippen LogP contribution in [0.1, 0.15) is 17.5 Å². The Hall–Kier alpha value is -1.63. The summed E-state index contributed by atoms with van der Waals surface area (Å²) in [7, 11) is 0. The molecule has 0 saturated carbocycles. The minimum Gasteiger partial charge on any atom is -0.207 e. The molecule has 0 heterocycles. The van der Waals surface area contributed by atoms with E-state index in [-0.39, 0.29) is 5.82 Å². The molecule has 81 valence electrons. The van der Waals surface area contributed by atoms with Crippen LogP contribution in [0, 0.1) is 12.2 Å². The van der Waals surface area contributed by atoms with Crippen molar-refractivity contribution < 1.29 is 4.39 Å². The summed E-state index contributed by atoms with van der Waals surface area (Å²) in [6, 6.07) is 17.0. The summed E-state index contributed by atoms with van der Waals surface area (Å²) >= 11 is 0. The normalized spacial score (nSPS) is 10.3. The Labute approximate surface area is 95.7 Å². The van der Waals surface area contributed by atoms with Gasteiger partial charge in [0.2, 0.25) is 0 Å². The van der Waals surface area contributed by atoms with E-state index >= 15 is 0 Å². The summed E-state index contributed by atoms with van der Waals surface area (Å²) in [6.07, 6.45) is 4.00. The summed E-state index contributed by atoms with van der Waals surface area (Å²) in [5.41, 5.74) is 2.27. The van der Waals surface area contributed by atoms with E-state index in [2.05, 4.69) is 18.6 Å². The molecule has 0 aromatic heterocycles. The predicted octanol–water partition coefficient (Wildman–Crippen LogP) is 4.01. The van der Waals surface area contributed by atoms with E-state index in [9.17, 15) is 4.39 Å². The second kappa shape index (κ2) is 5.45. The molecule has 1 radical (unpaired) electrons. The molecule has 0 saturated heterocycles. The molecule has 2 rings (SSSR count). The van der Waals surface area contributed by atoms with E-state index in [0.29, 0.717) is 0 Å². The summed E-state index contributed by atoms with van der Waals surface area (Å²) in [5.74, 6) is -0.173. The molecule has 0 nitrogen and oxygen atoms in total. The lowest BCUT2D eigenvalue weighted by molar-refractivity contribution is 0.626. The van der Waals surface area contributed by atoms with Crippen molar-refractivity contribution in [2.24, 2.45) is 0 Å². The zero-order valence-corrected chi connectivity index (χ0v) is 9.07. The number of hydrogen-bond donors (Lipinski definition) is 0. The van der Waals surface area contributed by atoms with Crippen molar-refractivity contribution in [2.75, 3.05) is 0 Å². The maximum atomic E-state index is 12.9. The molecule has 0 unspecified atom stereocenters. The minimum absolute atomic E-state index is 0.173. The minimum atomic E-state index is -0.173. The summed E-state index contributed by atoms with van der Waals surface area (Å²) < 4.78 is 12.9. The second-order valence-corrected chi connectivity index (χ2v) is 3.78. The van der Waals surface area contributed by atoms with E-state index in [1.54, 1.807) is 12.1 Å². The van der Waals surface area contributed by atoms with Gasteiger partial charge in [-0.2, -0.15) is 0 Å². The molecule has 2 aromatic carbocycles. The van der Waals surface area contributed by atoms with Gasteiger partial charge in [0.05, 0.1) is 0 Å². The molecule has 0 N–H and O–H groups in total. The van der Waals surface area contributed by atoms with Crippen LogP contribution in [0.25, 0.3) is 0 Å². The predicted molar refractivity (Wildman–Crippen MR) is 64.6 cm³/mol. The maximum Gasteiger partial charge on any atom is 0.123 e. The van der Waals surface area contributed by atoms with Crippen LogP contribution in [-0.2, 0) is 6.42 Å². The number of aryl methyl sites for hydroxylation is 1. The highest BCUT2D eigenvalue weighted by Gasteiger charge is 1.97. The summed E-state index contributed by atoms with van der Waals surface area (Å²) in [5, 5.41) is 0. The zero-order valence-electron chi connectivity index (χ0n) is 9.07. The number of benzene rings is 2. The lowest BCUT2D eigenvalue weighted by Crippen LogP contribution is -1.88. The van der Waals surface area contributed by atoms with Crippen LogP contribution in [0.2, 0.25) is 0 Å². The van der Waals surface area contributed by atoms with Gasteiger partial charge in [-0.3, -0.25) is 0 Å². The molecular formula is C15H14F. The molecule has 16 heavy (non-hydrogen) atoms. The number of rotatable bonds is 4. The Morgan fingerprint density at radius 1 is 0.938 bits per heavy atom. The van der Waals surface area contributed by atoms with Crippen molar-refractivity contribution in [3.63, 3.8) is 0 Å². The third kappa shape index (κ3) is 3.20. The van der Waals surface area contributed by atoms with E-state index in [1.165, 1.54) is 11.6 Å². The van der Waals surface area contributed by atoms with Crippen molar-refractivity contribution in [3.8, 4) is 0 Å². The van der Waals surface area contributed by atoms with Crippen LogP contribution in [-0.4, -0.2) is 0 Å². The van der Waals surface area contributed by atoms with Gasteiger partial charge in [0.25, 0.3) is 0 Å². The third-order valence-electron chi connectivity index (χ3n) is 2.50. The van der Waals surface area contributed by atoms with E-state index in [1.807, 2.05) is 24.3 Å². The molecule has 2 aromatic rings. The average molecular weight is 213 g/mol. The Morgan fingerprint density at radius 3 is 2.50 bits per heavy atom. The monoisotopic (exact) mass is 213 g/mol. The first-order valence-electron chi connectivity index (χ1n) is 5.47.